The standard InChI is InChI=1S/C11H15N5O/c1-8-7-17-14-11(8)10-6-16(15-13-10)9-3-2-4-12-5-9/h6-7,9,12H,2-5H2,1H3. The number of nitrogens with one attached hydrogen (secondary N) is 1. The molecule has 0 aliphatic carbocycles. The molecule has 1 fully saturated rings. The van der Waals surface area contributed by atoms with Crippen molar-refractivity contribution in [2.24, 2.45) is 0 Å². The fourth-order valence-corrected chi connectivity index (χ4v) is 2.16. The van der Waals surface area contributed by atoms with Crippen LogP contribution < -0.4 is 5.32 Å². The van der Waals surface area contributed by atoms with Crippen molar-refractivity contribution in [1.29, 1.82) is 0 Å². The molecule has 0 amide bonds. The van der Waals surface area contributed by atoms with Crippen LogP contribution >= 0.6 is 0 Å². The van der Waals surface area contributed by atoms with Crippen LogP contribution in [0.3, 0.4) is 0 Å². The van der Waals surface area contributed by atoms with Crippen LogP contribution in [-0.2, 0) is 0 Å². The quantitative estimate of drug-likeness (QED) is 0.843. The molecule has 0 radical (unpaired) electrons. The Hall–Kier alpha value is -1.69. The van der Waals surface area contributed by atoms with Crippen molar-refractivity contribution in [2.75, 3.05) is 13.1 Å². The molecule has 3 rings (SSSR count). The smallest absolute Gasteiger partial charge is 0.138 e. The van der Waals surface area contributed by atoms with E-state index in [1.807, 2.05) is 17.8 Å². The normalized spacial score (nSPS) is 20.6. The van der Waals surface area contributed by atoms with Crippen molar-refractivity contribution in [3.8, 4) is 11.4 Å². The Morgan fingerprint density at radius 2 is 2.47 bits per heavy atom. The minimum Gasteiger partial charge on any atom is -0.364 e. The largest absolute Gasteiger partial charge is 0.364 e. The van der Waals surface area contributed by atoms with Gasteiger partial charge in [-0.05, 0) is 26.3 Å². The molecule has 90 valence electrons. The number of aromatic nitrogens is 4. The number of hydrogen-bond donors (Lipinski definition) is 1. The van der Waals surface area contributed by atoms with E-state index in [4.69, 9.17) is 4.52 Å². The average Bonchev–Trinajstić information content (AvgIpc) is 2.98. The van der Waals surface area contributed by atoms with Gasteiger partial charge >= 0.3 is 0 Å². The Labute approximate surface area is 99.0 Å². The SMILES string of the molecule is Cc1conc1-c1cn(C2CCCNC2)nn1. The summed E-state index contributed by atoms with van der Waals surface area (Å²) < 4.78 is 6.84. The average molecular weight is 233 g/mol. The van der Waals surface area contributed by atoms with Crippen LogP contribution in [0.2, 0.25) is 0 Å². The number of nitrogens with zero attached hydrogens (tertiary/aromatic N) is 4. The molecule has 1 aliphatic rings. The zero-order valence-electron chi connectivity index (χ0n) is 9.76. The van der Waals surface area contributed by atoms with E-state index in [-0.39, 0.29) is 0 Å². The van der Waals surface area contributed by atoms with E-state index in [9.17, 15) is 0 Å². The molecule has 1 saturated heterocycles. The number of hydrogen-bond acceptors (Lipinski definition) is 5. The third-order valence-corrected chi connectivity index (χ3v) is 3.14. The first-order chi connectivity index (χ1) is 8.34. The number of aryl methyl sites for hydroxylation is 1. The van der Waals surface area contributed by atoms with E-state index in [2.05, 4.69) is 20.8 Å². The van der Waals surface area contributed by atoms with E-state index in [0.29, 0.717) is 6.04 Å². The molecule has 0 saturated carbocycles. The molecule has 6 nitrogen and oxygen atoms in total. The minimum atomic E-state index is 0.400. The second-order valence-electron chi connectivity index (χ2n) is 4.43. The molecule has 0 aromatic carbocycles. The Bertz CT molecular complexity index is 497. The molecule has 17 heavy (non-hydrogen) atoms. The lowest BCUT2D eigenvalue weighted by atomic mass is 10.1. The molecular weight excluding hydrogens is 218 g/mol. The molecule has 2 aromatic rings. The molecule has 1 atom stereocenters. The van der Waals surface area contributed by atoms with E-state index < -0.39 is 0 Å². The van der Waals surface area contributed by atoms with Crippen LogP contribution in [0.25, 0.3) is 11.4 Å². The summed E-state index contributed by atoms with van der Waals surface area (Å²) in [5.74, 6) is 0. The summed E-state index contributed by atoms with van der Waals surface area (Å²) in [5, 5.41) is 15.6. The van der Waals surface area contributed by atoms with Gasteiger partial charge in [0.15, 0.2) is 0 Å². The number of rotatable bonds is 2. The fraction of sp³-hybridized carbons (Fsp3) is 0.545. The summed E-state index contributed by atoms with van der Waals surface area (Å²) in [5.41, 5.74) is 2.54. The van der Waals surface area contributed by atoms with Gasteiger partial charge in [-0.1, -0.05) is 10.4 Å². The maximum atomic E-state index is 4.92. The van der Waals surface area contributed by atoms with Gasteiger partial charge in [0, 0.05) is 12.1 Å². The van der Waals surface area contributed by atoms with Crippen LogP contribution in [0.15, 0.2) is 17.0 Å². The number of piperidine rings is 1. The topological polar surface area (TPSA) is 68.8 Å². The van der Waals surface area contributed by atoms with Crippen LogP contribution in [0.5, 0.6) is 0 Å². The maximum Gasteiger partial charge on any atom is 0.138 e. The van der Waals surface area contributed by atoms with Crippen molar-refractivity contribution in [3.63, 3.8) is 0 Å². The van der Waals surface area contributed by atoms with Gasteiger partial charge in [-0.25, -0.2) is 4.68 Å². The Balaban J connectivity index is 1.85. The van der Waals surface area contributed by atoms with Crippen LogP contribution in [0, 0.1) is 6.92 Å². The van der Waals surface area contributed by atoms with Crippen molar-refractivity contribution >= 4 is 0 Å². The zero-order chi connectivity index (χ0) is 11.7. The lowest BCUT2D eigenvalue weighted by molar-refractivity contribution is 0.341. The first kappa shape index (κ1) is 10.5. The predicted octanol–water partition coefficient (Wildman–Crippen LogP) is 1.17. The summed E-state index contributed by atoms with van der Waals surface area (Å²) in [6.45, 7) is 4.01. The van der Waals surface area contributed by atoms with Crippen LogP contribution in [-0.4, -0.2) is 33.2 Å². The van der Waals surface area contributed by atoms with Gasteiger partial charge < -0.3 is 9.84 Å². The Kier molecular flexibility index (Phi) is 2.64. The van der Waals surface area contributed by atoms with Crippen molar-refractivity contribution in [2.45, 2.75) is 25.8 Å². The van der Waals surface area contributed by atoms with Gasteiger partial charge in [-0.2, -0.15) is 0 Å². The molecule has 3 heterocycles. The molecule has 2 aromatic heterocycles. The lowest BCUT2D eigenvalue weighted by Gasteiger charge is -2.22. The Morgan fingerprint density at radius 3 is 3.18 bits per heavy atom. The molecule has 0 bridgehead atoms. The van der Waals surface area contributed by atoms with Crippen LogP contribution in [0.4, 0.5) is 0 Å². The first-order valence-electron chi connectivity index (χ1n) is 5.88. The van der Waals surface area contributed by atoms with Gasteiger partial charge in [0.25, 0.3) is 0 Å². The highest BCUT2D eigenvalue weighted by atomic mass is 16.5. The van der Waals surface area contributed by atoms with Gasteiger partial charge in [-0.15, -0.1) is 5.10 Å². The summed E-state index contributed by atoms with van der Waals surface area (Å²) >= 11 is 0. The highest BCUT2D eigenvalue weighted by Gasteiger charge is 2.18. The second-order valence-corrected chi connectivity index (χ2v) is 4.43. The van der Waals surface area contributed by atoms with E-state index in [1.54, 1.807) is 6.26 Å². The third kappa shape index (κ3) is 1.95. The van der Waals surface area contributed by atoms with E-state index >= 15 is 0 Å². The molecule has 6 heteroatoms. The Morgan fingerprint density at radius 1 is 1.53 bits per heavy atom. The highest BCUT2D eigenvalue weighted by molar-refractivity contribution is 5.55. The minimum absolute atomic E-state index is 0.400. The van der Waals surface area contributed by atoms with Crippen molar-refractivity contribution in [1.82, 2.24) is 25.5 Å². The third-order valence-electron chi connectivity index (χ3n) is 3.14. The van der Waals surface area contributed by atoms with E-state index in [1.165, 1.54) is 6.42 Å². The highest BCUT2D eigenvalue weighted by Crippen LogP contribution is 2.21. The monoisotopic (exact) mass is 233 g/mol. The predicted molar refractivity (Wildman–Crippen MR) is 61.4 cm³/mol. The molecule has 0 spiro atoms. The second kappa shape index (κ2) is 4.29. The van der Waals surface area contributed by atoms with Gasteiger partial charge in [0.1, 0.15) is 17.7 Å². The van der Waals surface area contributed by atoms with Crippen molar-refractivity contribution < 1.29 is 4.52 Å². The molecular formula is C11H15N5O. The summed E-state index contributed by atoms with van der Waals surface area (Å²) in [6, 6.07) is 0.400. The maximum absolute atomic E-state index is 4.92. The molecule has 1 aliphatic heterocycles. The summed E-state index contributed by atoms with van der Waals surface area (Å²) in [6.07, 6.45) is 5.90. The lowest BCUT2D eigenvalue weighted by Crippen LogP contribution is -2.31. The summed E-state index contributed by atoms with van der Waals surface area (Å²) in [4.78, 5) is 0. The zero-order valence-corrected chi connectivity index (χ0v) is 9.76. The van der Waals surface area contributed by atoms with Gasteiger partial charge in [0.05, 0.1) is 12.2 Å². The fourth-order valence-electron chi connectivity index (χ4n) is 2.16. The van der Waals surface area contributed by atoms with Crippen LogP contribution in [0.1, 0.15) is 24.4 Å². The van der Waals surface area contributed by atoms with Crippen molar-refractivity contribution in [3.05, 3.63) is 18.0 Å². The molecule has 1 unspecified atom stereocenters. The van der Waals surface area contributed by atoms with Gasteiger partial charge in [0.2, 0.25) is 0 Å². The first-order valence-corrected chi connectivity index (χ1v) is 5.88. The molecule has 1 N–H and O–H groups in total. The van der Waals surface area contributed by atoms with Gasteiger partial charge in [-0.3, -0.25) is 0 Å². The summed E-state index contributed by atoms with van der Waals surface area (Å²) in [7, 11) is 0. The van der Waals surface area contributed by atoms with E-state index in [0.717, 1.165) is 36.5 Å².